The van der Waals surface area contributed by atoms with Crippen molar-refractivity contribution in [1.82, 2.24) is 0 Å². The molecule has 0 aliphatic carbocycles. The third-order valence-electron chi connectivity index (χ3n) is 1.96. The van der Waals surface area contributed by atoms with Crippen LogP contribution in [0.4, 0.5) is 0 Å². The van der Waals surface area contributed by atoms with Crippen LogP contribution in [0.25, 0.3) is 0 Å². The lowest BCUT2D eigenvalue weighted by Crippen LogP contribution is -2.60. The topological polar surface area (TPSA) is 116 Å². The number of carboxylic acids is 1. The molecule has 5 atom stereocenters. The van der Waals surface area contributed by atoms with Crippen LogP contribution in [-0.2, 0) is 14.2 Å². The number of aliphatic hydroxyl groups is 3. The SMILES string of the molecule is [B]O[C@H]1[C@H](O)[C@@H](C(=O)O)OC(O)[C@@H]1O. The molecule has 2 radical (unpaired) electrons. The molecule has 0 spiro atoms. The van der Waals surface area contributed by atoms with Crippen molar-refractivity contribution in [2.75, 3.05) is 0 Å². The Morgan fingerprint density at radius 3 is 2.29 bits per heavy atom. The average Bonchev–Trinajstić information content (AvgIpc) is 2.12. The molecule has 1 unspecified atom stereocenters. The van der Waals surface area contributed by atoms with E-state index >= 15 is 0 Å². The average molecular weight is 204 g/mol. The van der Waals surface area contributed by atoms with E-state index in [9.17, 15) is 15.0 Å². The fraction of sp³-hybridized carbons (Fsp3) is 0.833. The molecular formula is C6H9BO7. The Labute approximate surface area is 80.3 Å². The number of hydrogen-bond acceptors (Lipinski definition) is 6. The van der Waals surface area contributed by atoms with Crippen molar-refractivity contribution in [3.63, 3.8) is 0 Å². The molecular weight excluding hydrogens is 195 g/mol. The van der Waals surface area contributed by atoms with Crippen LogP contribution in [0.5, 0.6) is 0 Å². The molecule has 0 aromatic rings. The van der Waals surface area contributed by atoms with Crippen LogP contribution in [0.1, 0.15) is 0 Å². The summed E-state index contributed by atoms with van der Waals surface area (Å²) >= 11 is 0. The molecule has 1 rings (SSSR count). The Balaban J connectivity index is 2.80. The first-order valence-corrected chi connectivity index (χ1v) is 3.77. The van der Waals surface area contributed by atoms with Gasteiger partial charge in [-0.05, 0) is 0 Å². The first-order chi connectivity index (χ1) is 6.49. The molecule has 14 heavy (non-hydrogen) atoms. The van der Waals surface area contributed by atoms with Crippen LogP contribution >= 0.6 is 0 Å². The van der Waals surface area contributed by atoms with Gasteiger partial charge in [0.25, 0.3) is 8.05 Å². The summed E-state index contributed by atoms with van der Waals surface area (Å²) in [6.07, 6.45) is -8.07. The molecule has 4 N–H and O–H groups in total. The number of rotatable bonds is 2. The molecule has 1 aliphatic heterocycles. The highest BCUT2D eigenvalue weighted by Gasteiger charge is 2.46. The Bertz CT molecular complexity index is 222. The summed E-state index contributed by atoms with van der Waals surface area (Å²) in [6, 6.07) is 0. The predicted molar refractivity (Wildman–Crippen MR) is 41.2 cm³/mol. The molecule has 7 nitrogen and oxygen atoms in total. The van der Waals surface area contributed by atoms with Gasteiger partial charge in [-0.3, -0.25) is 0 Å². The van der Waals surface area contributed by atoms with Gasteiger partial charge in [-0.25, -0.2) is 4.79 Å². The highest BCUT2D eigenvalue weighted by Crippen LogP contribution is 2.21. The number of carboxylic acid groups (broad SMARTS) is 1. The lowest BCUT2D eigenvalue weighted by molar-refractivity contribution is -0.275. The standard InChI is InChI=1S/C6H9BO7/c7-14-3-1(8)4(5(10)11)13-6(12)2(3)9/h1-4,6,8-9,12H,(H,10,11)/t1-,2+,3-,4-,6?/m0/s1. The van der Waals surface area contributed by atoms with Gasteiger partial charge in [-0.1, -0.05) is 0 Å². The van der Waals surface area contributed by atoms with Crippen LogP contribution in [0.15, 0.2) is 0 Å². The van der Waals surface area contributed by atoms with Gasteiger partial charge in [0.15, 0.2) is 12.4 Å². The van der Waals surface area contributed by atoms with E-state index in [4.69, 9.17) is 18.3 Å². The number of aliphatic carboxylic acids is 1. The van der Waals surface area contributed by atoms with Gasteiger partial charge >= 0.3 is 5.97 Å². The minimum Gasteiger partial charge on any atom is -0.479 e. The van der Waals surface area contributed by atoms with E-state index in [-0.39, 0.29) is 0 Å². The molecule has 78 valence electrons. The first-order valence-electron chi connectivity index (χ1n) is 3.77. The third kappa shape index (κ3) is 1.89. The van der Waals surface area contributed by atoms with E-state index in [2.05, 4.69) is 9.39 Å². The monoisotopic (exact) mass is 204 g/mol. The van der Waals surface area contributed by atoms with Crippen LogP contribution in [-0.4, -0.2) is 65.2 Å². The van der Waals surface area contributed by atoms with Crippen LogP contribution < -0.4 is 0 Å². The maximum absolute atomic E-state index is 10.5. The molecule has 0 bridgehead atoms. The minimum atomic E-state index is -1.76. The number of ether oxygens (including phenoxy) is 1. The Kier molecular flexibility index (Phi) is 3.45. The molecule has 8 heteroatoms. The quantitative estimate of drug-likeness (QED) is 0.353. The van der Waals surface area contributed by atoms with Gasteiger partial charge in [0, 0.05) is 0 Å². The molecule has 1 fully saturated rings. The lowest BCUT2D eigenvalue weighted by Gasteiger charge is -2.38. The van der Waals surface area contributed by atoms with Crippen molar-refractivity contribution in [3.8, 4) is 0 Å². The van der Waals surface area contributed by atoms with Gasteiger partial charge in [0.2, 0.25) is 0 Å². The smallest absolute Gasteiger partial charge is 0.335 e. The highest BCUT2D eigenvalue weighted by atomic mass is 16.6. The molecule has 1 saturated heterocycles. The number of hydrogen-bond donors (Lipinski definition) is 4. The summed E-state index contributed by atoms with van der Waals surface area (Å²) in [5, 5.41) is 36.1. The lowest BCUT2D eigenvalue weighted by atomic mass is 9.98. The van der Waals surface area contributed by atoms with Crippen molar-refractivity contribution in [3.05, 3.63) is 0 Å². The zero-order valence-corrected chi connectivity index (χ0v) is 6.98. The molecule has 0 aromatic heterocycles. The summed E-state index contributed by atoms with van der Waals surface area (Å²) in [6.45, 7) is 0. The molecule has 1 aliphatic rings. The van der Waals surface area contributed by atoms with E-state index in [0.29, 0.717) is 0 Å². The third-order valence-corrected chi connectivity index (χ3v) is 1.96. The summed E-state index contributed by atoms with van der Waals surface area (Å²) in [7, 11) is 4.73. The van der Waals surface area contributed by atoms with E-state index in [0.717, 1.165) is 0 Å². The minimum absolute atomic E-state index is 1.40. The summed E-state index contributed by atoms with van der Waals surface area (Å²) in [5.41, 5.74) is 0. The van der Waals surface area contributed by atoms with Crippen molar-refractivity contribution in [1.29, 1.82) is 0 Å². The normalized spacial score (nSPS) is 43.5. The fourth-order valence-electron chi connectivity index (χ4n) is 1.21. The summed E-state index contributed by atoms with van der Waals surface area (Å²) in [5.74, 6) is -1.48. The van der Waals surface area contributed by atoms with Crippen molar-refractivity contribution in [2.24, 2.45) is 0 Å². The van der Waals surface area contributed by atoms with Crippen LogP contribution in [0, 0.1) is 0 Å². The second-order valence-corrected chi connectivity index (χ2v) is 2.87. The second-order valence-electron chi connectivity index (χ2n) is 2.87. The molecule has 0 amide bonds. The Morgan fingerprint density at radius 1 is 1.29 bits per heavy atom. The van der Waals surface area contributed by atoms with Gasteiger partial charge in [0.1, 0.15) is 12.2 Å². The fourth-order valence-corrected chi connectivity index (χ4v) is 1.21. The van der Waals surface area contributed by atoms with Crippen LogP contribution in [0.3, 0.4) is 0 Å². The van der Waals surface area contributed by atoms with Gasteiger partial charge in [0.05, 0.1) is 6.10 Å². The molecule has 1 heterocycles. The zero-order valence-electron chi connectivity index (χ0n) is 6.98. The first kappa shape index (κ1) is 11.4. The largest absolute Gasteiger partial charge is 0.479 e. The Morgan fingerprint density at radius 2 is 1.86 bits per heavy atom. The van der Waals surface area contributed by atoms with E-state index in [1.807, 2.05) is 0 Å². The second kappa shape index (κ2) is 4.24. The van der Waals surface area contributed by atoms with Crippen molar-refractivity contribution < 1.29 is 34.6 Å². The van der Waals surface area contributed by atoms with E-state index in [1.165, 1.54) is 0 Å². The van der Waals surface area contributed by atoms with Crippen molar-refractivity contribution >= 4 is 14.0 Å². The number of carbonyl (C=O) groups is 1. The number of aliphatic hydroxyl groups excluding tert-OH is 3. The van der Waals surface area contributed by atoms with Gasteiger partial charge in [-0.2, -0.15) is 0 Å². The maximum Gasteiger partial charge on any atom is 0.335 e. The predicted octanol–water partition coefficient (Wildman–Crippen LogP) is -3.02. The van der Waals surface area contributed by atoms with E-state index in [1.54, 1.807) is 0 Å². The maximum atomic E-state index is 10.5. The van der Waals surface area contributed by atoms with Crippen molar-refractivity contribution in [2.45, 2.75) is 30.7 Å². The zero-order chi connectivity index (χ0) is 10.9. The molecule has 0 aromatic carbocycles. The molecule has 0 saturated carbocycles. The van der Waals surface area contributed by atoms with E-state index < -0.39 is 36.7 Å². The van der Waals surface area contributed by atoms with Gasteiger partial charge in [-0.15, -0.1) is 0 Å². The summed E-state index contributed by atoms with van der Waals surface area (Å²) in [4.78, 5) is 10.5. The Hall–Kier alpha value is -0.665. The van der Waals surface area contributed by atoms with Gasteiger partial charge < -0.3 is 29.8 Å². The summed E-state index contributed by atoms with van der Waals surface area (Å²) < 4.78 is 8.59. The highest BCUT2D eigenvalue weighted by molar-refractivity contribution is 5.98. The van der Waals surface area contributed by atoms with Crippen LogP contribution in [0.2, 0.25) is 0 Å².